The maximum atomic E-state index is 13.3. The summed E-state index contributed by atoms with van der Waals surface area (Å²) in [6, 6.07) is 6.27. The molecule has 2 atom stereocenters. The zero-order valence-corrected chi connectivity index (χ0v) is 25.2. The highest BCUT2D eigenvalue weighted by molar-refractivity contribution is 7.15. The van der Waals surface area contributed by atoms with E-state index >= 15 is 0 Å². The number of anilines is 2. The summed E-state index contributed by atoms with van der Waals surface area (Å²) in [6.45, 7) is 9.76. The van der Waals surface area contributed by atoms with Crippen LogP contribution in [0.3, 0.4) is 0 Å². The number of rotatable bonds is 6. The molecule has 0 spiro atoms. The van der Waals surface area contributed by atoms with E-state index in [0.717, 1.165) is 28.3 Å². The second-order valence-corrected chi connectivity index (χ2v) is 13.7. The standard InChI is InChI=1S/C30H33F3N6O3S/c1-27(2,3)39-15-19(13-36-39)17-10-18(12-20(11-17)37-26-34-9-7-23(38-26)30(31,32)33)22-14-35-25(43-22)29(42)8-6-21(24(40)41)28(4,5)16-29/h7,9-15,21,42H,6,8,16H2,1-5H3,(H,40,41)(H,34,37,38)/t21-,29+/m0/s1. The second-order valence-electron chi connectivity index (χ2n) is 12.7. The van der Waals surface area contributed by atoms with Crippen LogP contribution in [-0.4, -0.2) is 40.9 Å². The molecule has 0 unspecified atom stereocenters. The van der Waals surface area contributed by atoms with Gasteiger partial charge in [0.2, 0.25) is 5.95 Å². The van der Waals surface area contributed by atoms with Crippen molar-refractivity contribution in [1.29, 1.82) is 0 Å². The van der Waals surface area contributed by atoms with E-state index in [-0.39, 0.29) is 24.3 Å². The molecule has 0 amide bonds. The molecule has 228 valence electrons. The van der Waals surface area contributed by atoms with Crippen molar-refractivity contribution < 1.29 is 28.2 Å². The molecule has 13 heteroatoms. The number of alkyl halides is 3. The number of hydrogen-bond donors (Lipinski definition) is 3. The highest BCUT2D eigenvalue weighted by Gasteiger charge is 2.49. The lowest BCUT2D eigenvalue weighted by Gasteiger charge is -2.44. The highest BCUT2D eigenvalue weighted by Crippen LogP contribution is 2.51. The lowest BCUT2D eigenvalue weighted by Crippen LogP contribution is -2.44. The van der Waals surface area contributed by atoms with Gasteiger partial charge in [-0.3, -0.25) is 9.48 Å². The Morgan fingerprint density at radius 2 is 1.81 bits per heavy atom. The van der Waals surface area contributed by atoms with Gasteiger partial charge >= 0.3 is 12.1 Å². The molecular weight excluding hydrogens is 581 g/mol. The van der Waals surface area contributed by atoms with Gasteiger partial charge in [0.05, 0.1) is 22.5 Å². The predicted molar refractivity (Wildman–Crippen MR) is 157 cm³/mol. The first-order valence-electron chi connectivity index (χ1n) is 13.7. The van der Waals surface area contributed by atoms with Crippen molar-refractivity contribution in [3.63, 3.8) is 0 Å². The van der Waals surface area contributed by atoms with Gasteiger partial charge in [-0.15, -0.1) is 11.3 Å². The van der Waals surface area contributed by atoms with Crippen molar-refractivity contribution in [1.82, 2.24) is 24.7 Å². The summed E-state index contributed by atoms with van der Waals surface area (Å²) >= 11 is 1.30. The number of thiazole rings is 1. The average molecular weight is 615 g/mol. The van der Waals surface area contributed by atoms with Crippen LogP contribution < -0.4 is 5.32 Å². The van der Waals surface area contributed by atoms with E-state index in [1.807, 2.05) is 51.6 Å². The molecule has 0 saturated heterocycles. The maximum Gasteiger partial charge on any atom is 0.433 e. The minimum atomic E-state index is -4.62. The first-order chi connectivity index (χ1) is 19.9. The topological polar surface area (TPSA) is 126 Å². The maximum absolute atomic E-state index is 13.3. The summed E-state index contributed by atoms with van der Waals surface area (Å²) in [5, 5.41) is 29.1. The summed E-state index contributed by atoms with van der Waals surface area (Å²) in [7, 11) is 0. The van der Waals surface area contributed by atoms with Gasteiger partial charge in [-0.1, -0.05) is 13.8 Å². The molecule has 43 heavy (non-hydrogen) atoms. The number of carbonyl (C=O) groups is 1. The summed E-state index contributed by atoms with van der Waals surface area (Å²) < 4.78 is 41.7. The molecule has 4 aromatic rings. The van der Waals surface area contributed by atoms with Gasteiger partial charge in [-0.05, 0) is 80.8 Å². The van der Waals surface area contributed by atoms with Crippen LogP contribution in [-0.2, 0) is 22.1 Å². The van der Waals surface area contributed by atoms with Crippen molar-refractivity contribution >= 4 is 28.9 Å². The van der Waals surface area contributed by atoms with Gasteiger partial charge in [-0.2, -0.15) is 18.3 Å². The summed E-state index contributed by atoms with van der Waals surface area (Å²) in [5.74, 6) is -1.65. The molecule has 3 N–H and O–H groups in total. The van der Waals surface area contributed by atoms with Crippen LogP contribution >= 0.6 is 11.3 Å². The normalized spacial score (nSPS) is 20.6. The van der Waals surface area contributed by atoms with Crippen molar-refractivity contribution in [3.05, 3.63) is 59.8 Å². The van der Waals surface area contributed by atoms with E-state index < -0.39 is 34.8 Å². The smallest absolute Gasteiger partial charge is 0.433 e. The van der Waals surface area contributed by atoms with Crippen molar-refractivity contribution in [2.45, 2.75) is 71.2 Å². The summed E-state index contributed by atoms with van der Waals surface area (Å²) in [4.78, 5) is 24.7. The molecule has 0 radical (unpaired) electrons. The minimum absolute atomic E-state index is 0.208. The lowest BCUT2D eigenvalue weighted by atomic mass is 9.63. The SMILES string of the molecule is CC1(C)C[C@@](O)(c2ncc(-c3cc(Nc4nccc(C(F)(F)F)n4)cc(-c4cnn(C(C)(C)C)c4)c3)s2)CC[C@H]1C(=O)O. The average Bonchev–Trinajstić information content (AvgIpc) is 3.58. The summed E-state index contributed by atoms with van der Waals surface area (Å²) in [5.41, 5.74) is -0.544. The van der Waals surface area contributed by atoms with Gasteiger partial charge in [0.1, 0.15) is 16.3 Å². The Labute approximate surface area is 250 Å². The van der Waals surface area contributed by atoms with Crippen LogP contribution in [0.2, 0.25) is 0 Å². The number of hydrogen-bond acceptors (Lipinski definition) is 8. The van der Waals surface area contributed by atoms with Crippen LogP contribution in [0.1, 0.15) is 64.6 Å². The van der Waals surface area contributed by atoms with E-state index in [9.17, 15) is 28.2 Å². The monoisotopic (exact) mass is 614 g/mol. The Hall–Kier alpha value is -3.84. The Kier molecular flexibility index (Phi) is 7.62. The molecule has 1 aliphatic carbocycles. The first kappa shape index (κ1) is 30.6. The van der Waals surface area contributed by atoms with Crippen LogP contribution in [0.5, 0.6) is 0 Å². The Morgan fingerprint density at radius 1 is 1.09 bits per heavy atom. The zero-order valence-electron chi connectivity index (χ0n) is 24.4. The number of carboxylic acids is 1. The van der Waals surface area contributed by atoms with E-state index in [1.165, 1.54) is 11.3 Å². The van der Waals surface area contributed by atoms with Gasteiger partial charge < -0.3 is 15.5 Å². The van der Waals surface area contributed by atoms with Gasteiger partial charge in [0, 0.05) is 29.8 Å². The molecule has 5 rings (SSSR count). The van der Waals surface area contributed by atoms with E-state index in [4.69, 9.17) is 0 Å². The number of nitrogens with one attached hydrogen (secondary N) is 1. The quantitative estimate of drug-likeness (QED) is 0.210. The van der Waals surface area contributed by atoms with Crippen LogP contribution in [0.4, 0.5) is 24.8 Å². The molecule has 0 aliphatic heterocycles. The predicted octanol–water partition coefficient (Wildman–Crippen LogP) is 7.08. The number of aliphatic hydroxyl groups is 1. The minimum Gasteiger partial charge on any atom is -0.481 e. The Bertz CT molecular complexity index is 1660. The lowest BCUT2D eigenvalue weighted by molar-refractivity contribution is -0.154. The number of carboxylic acid groups (broad SMARTS) is 1. The number of aromatic nitrogens is 5. The number of benzene rings is 1. The summed E-state index contributed by atoms with van der Waals surface area (Å²) in [6.07, 6.45) is 2.54. The third kappa shape index (κ3) is 6.42. The van der Waals surface area contributed by atoms with E-state index in [1.54, 1.807) is 24.5 Å². The Morgan fingerprint density at radius 3 is 2.44 bits per heavy atom. The molecule has 3 aromatic heterocycles. The molecule has 3 heterocycles. The Balaban J connectivity index is 1.53. The molecule has 1 aromatic carbocycles. The third-order valence-electron chi connectivity index (χ3n) is 7.76. The van der Waals surface area contributed by atoms with Crippen LogP contribution in [0.25, 0.3) is 21.6 Å². The van der Waals surface area contributed by atoms with Crippen molar-refractivity contribution in [2.75, 3.05) is 5.32 Å². The van der Waals surface area contributed by atoms with Crippen LogP contribution in [0.15, 0.2) is 49.1 Å². The molecule has 1 saturated carbocycles. The van der Waals surface area contributed by atoms with Crippen LogP contribution in [0, 0.1) is 11.3 Å². The van der Waals surface area contributed by atoms with Crippen molar-refractivity contribution in [3.8, 4) is 21.6 Å². The largest absolute Gasteiger partial charge is 0.481 e. The fourth-order valence-corrected chi connectivity index (χ4v) is 6.57. The number of aliphatic carboxylic acids is 1. The van der Waals surface area contributed by atoms with E-state index in [2.05, 4.69) is 25.4 Å². The molecular formula is C30H33F3N6O3S. The molecule has 1 fully saturated rings. The van der Waals surface area contributed by atoms with Gasteiger partial charge in [0.25, 0.3) is 0 Å². The fraction of sp³-hybridized carbons (Fsp3) is 0.433. The first-order valence-corrected chi connectivity index (χ1v) is 14.6. The zero-order chi connectivity index (χ0) is 31.4. The number of nitrogens with zero attached hydrogens (tertiary/aromatic N) is 5. The van der Waals surface area contributed by atoms with E-state index in [0.29, 0.717) is 22.7 Å². The molecule has 1 aliphatic rings. The second kappa shape index (κ2) is 10.7. The molecule has 0 bridgehead atoms. The van der Waals surface area contributed by atoms with Gasteiger partial charge in [-0.25, -0.2) is 15.0 Å². The van der Waals surface area contributed by atoms with Gasteiger partial charge in [0.15, 0.2) is 0 Å². The highest BCUT2D eigenvalue weighted by atomic mass is 32.1. The van der Waals surface area contributed by atoms with Crippen molar-refractivity contribution in [2.24, 2.45) is 11.3 Å². The fourth-order valence-electron chi connectivity index (χ4n) is 5.56. The number of halogens is 3. The molecule has 9 nitrogen and oxygen atoms in total. The third-order valence-corrected chi connectivity index (χ3v) is 9.00.